The number of benzene rings is 1. The number of nitrogens with two attached hydrogens (primary N) is 1. The summed E-state index contributed by atoms with van der Waals surface area (Å²) in [6.45, 7) is 3.90. The van der Waals surface area contributed by atoms with Gasteiger partial charge >= 0.3 is 0 Å². The molecule has 5 heteroatoms. The van der Waals surface area contributed by atoms with Crippen molar-refractivity contribution in [3.05, 3.63) is 22.7 Å². The Balaban J connectivity index is 1.95. The summed E-state index contributed by atoms with van der Waals surface area (Å²) in [5, 5.41) is 0.605. The molecule has 104 valence electrons. The van der Waals surface area contributed by atoms with Gasteiger partial charge in [0.15, 0.2) is 11.5 Å². The topological polar surface area (TPSA) is 53.7 Å². The zero-order valence-electron chi connectivity index (χ0n) is 10.9. The van der Waals surface area contributed by atoms with Gasteiger partial charge in [0.25, 0.3) is 0 Å². The molecule has 0 amide bonds. The minimum atomic E-state index is -0.354. The maximum Gasteiger partial charge on any atom is 0.162 e. The highest BCUT2D eigenvalue weighted by Gasteiger charge is 2.38. The largest absolute Gasteiger partial charge is 0.486 e. The summed E-state index contributed by atoms with van der Waals surface area (Å²) in [6.07, 6.45) is 1.98. The molecule has 2 aliphatic rings. The van der Waals surface area contributed by atoms with Gasteiger partial charge in [-0.3, -0.25) is 0 Å². The van der Waals surface area contributed by atoms with Crippen LogP contribution in [0.3, 0.4) is 0 Å². The first-order chi connectivity index (χ1) is 9.10. The lowest BCUT2D eigenvalue weighted by Gasteiger charge is -2.32. The minimum Gasteiger partial charge on any atom is -0.486 e. The number of hydrogen-bond donors (Lipinski definition) is 1. The van der Waals surface area contributed by atoms with E-state index in [4.69, 9.17) is 31.5 Å². The summed E-state index contributed by atoms with van der Waals surface area (Å²) >= 11 is 6.33. The third-order valence-corrected chi connectivity index (χ3v) is 4.23. The zero-order chi connectivity index (χ0) is 13.5. The SMILES string of the molecule is CC1(C(N)c2cc3c(cc2Cl)OCCO3)CCCO1. The van der Waals surface area contributed by atoms with Crippen LogP contribution in [-0.2, 0) is 4.74 Å². The van der Waals surface area contributed by atoms with E-state index in [0.717, 1.165) is 25.0 Å². The predicted molar refractivity (Wildman–Crippen MR) is 73.0 cm³/mol. The number of fused-ring (bicyclic) bond motifs is 1. The van der Waals surface area contributed by atoms with E-state index in [9.17, 15) is 0 Å². The maximum atomic E-state index is 6.36. The fourth-order valence-corrected chi connectivity index (χ4v) is 2.96. The van der Waals surface area contributed by atoms with Crippen LogP contribution in [0.2, 0.25) is 5.02 Å². The molecule has 0 aromatic heterocycles. The molecule has 4 nitrogen and oxygen atoms in total. The van der Waals surface area contributed by atoms with Crippen molar-refractivity contribution >= 4 is 11.6 Å². The van der Waals surface area contributed by atoms with Crippen molar-refractivity contribution in [2.24, 2.45) is 5.73 Å². The number of rotatable bonds is 2. The van der Waals surface area contributed by atoms with Crippen LogP contribution in [-0.4, -0.2) is 25.4 Å². The second-order valence-electron chi connectivity index (χ2n) is 5.26. The fraction of sp³-hybridized carbons (Fsp3) is 0.571. The van der Waals surface area contributed by atoms with Gasteiger partial charge in [0, 0.05) is 17.7 Å². The van der Waals surface area contributed by atoms with Crippen LogP contribution in [0.1, 0.15) is 31.4 Å². The van der Waals surface area contributed by atoms with Crippen molar-refractivity contribution in [1.29, 1.82) is 0 Å². The molecule has 3 rings (SSSR count). The summed E-state index contributed by atoms with van der Waals surface area (Å²) in [7, 11) is 0. The Bertz CT molecular complexity index is 486. The Hall–Kier alpha value is -0.970. The lowest BCUT2D eigenvalue weighted by Crippen LogP contribution is -2.37. The molecule has 2 unspecified atom stereocenters. The normalized spacial score (nSPS) is 27.3. The Morgan fingerprint density at radius 2 is 1.89 bits per heavy atom. The molecule has 0 saturated carbocycles. The quantitative estimate of drug-likeness (QED) is 0.907. The summed E-state index contributed by atoms with van der Waals surface area (Å²) in [5.74, 6) is 1.40. The van der Waals surface area contributed by atoms with E-state index in [2.05, 4.69) is 0 Å². The molecular formula is C14H18ClNO3. The first kappa shape index (κ1) is 13.0. The Labute approximate surface area is 117 Å². The molecule has 1 aromatic carbocycles. The lowest BCUT2D eigenvalue weighted by molar-refractivity contribution is -0.00181. The van der Waals surface area contributed by atoms with Gasteiger partial charge < -0.3 is 19.9 Å². The number of ether oxygens (including phenoxy) is 3. The van der Waals surface area contributed by atoms with E-state index >= 15 is 0 Å². The summed E-state index contributed by atoms with van der Waals surface area (Å²) in [4.78, 5) is 0. The Morgan fingerprint density at radius 1 is 1.21 bits per heavy atom. The second kappa shape index (κ2) is 4.85. The molecular weight excluding hydrogens is 266 g/mol. The van der Waals surface area contributed by atoms with Crippen molar-refractivity contribution in [2.45, 2.75) is 31.4 Å². The average Bonchev–Trinajstić information content (AvgIpc) is 2.85. The number of halogens is 1. The second-order valence-corrected chi connectivity index (χ2v) is 5.67. The molecule has 0 radical (unpaired) electrons. The molecule has 2 aliphatic heterocycles. The zero-order valence-corrected chi connectivity index (χ0v) is 11.7. The highest BCUT2D eigenvalue weighted by Crippen LogP contribution is 2.42. The van der Waals surface area contributed by atoms with Crippen molar-refractivity contribution in [3.8, 4) is 11.5 Å². The van der Waals surface area contributed by atoms with Gasteiger partial charge in [-0.05, 0) is 31.4 Å². The molecule has 1 saturated heterocycles. The van der Waals surface area contributed by atoms with E-state index < -0.39 is 0 Å². The molecule has 0 bridgehead atoms. The third kappa shape index (κ3) is 2.29. The molecule has 1 fully saturated rings. The van der Waals surface area contributed by atoms with Crippen LogP contribution in [0.5, 0.6) is 11.5 Å². The molecule has 2 N–H and O–H groups in total. The van der Waals surface area contributed by atoms with Gasteiger partial charge in [-0.15, -0.1) is 0 Å². The van der Waals surface area contributed by atoms with Crippen molar-refractivity contribution in [3.63, 3.8) is 0 Å². The molecule has 0 aliphatic carbocycles. The van der Waals surface area contributed by atoms with E-state index in [1.165, 1.54) is 0 Å². The van der Waals surface area contributed by atoms with Gasteiger partial charge in [-0.25, -0.2) is 0 Å². The molecule has 2 heterocycles. The monoisotopic (exact) mass is 283 g/mol. The molecule has 0 spiro atoms. The smallest absolute Gasteiger partial charge is 0.162 e. The summed E-state index contributed by atoms with van der Waals surface area (Å²) in [5.41, 5.74) is 6.87. The Morgan fingerprint density at radius 3 is 2.53 bits per heavy atom. The highest BCUT2D eigenvalue weighted by atomic mass is 35.5. The van der Waals surface area contributed by atoms with Crippen molar-refractivity contribution in [1.82, 2.24) is 0 Å². The number of hydrogen-bond acceptors (Lipinski definition) is 4. The van der Waals surface area contributed by atoms with Gasteiger partial charge in [0.1, 0.15) is 13.2 Å². The van der Waals surface area contributed by atoms with Crippen LogP contribution >= 0.6 is 11.6 Å². The third-order valence-electron chi connectivity index (χ3n) is 3.90. The van der Waals surface area contributed by atoms with E-state index in [0.29, 0.717) is 29.7 Å². The van der Waals surface area contributed by atoms with Crippen LogP contribution in [0.15, 0.2) is 12.1 Å². The van der Waals surface area contributed by atoms with E-state index in [1.54, 1.807) is 6.07 Å². The average molecular weight is 284 g/mol. The van der Waals surface area contributed by atoms with Crippen LogP contribution in [0.25, 0.3) is 0 Å². The molecule has 2 atom stereocenters. The molecule has 19 heavy (non-hydrogen) atoms. The highest BCUT2D eigenvalue weighted by molar-refractivity contribution is 6.31. The molecule has 1 aromatic rings. The first-order valence-electron chi connectivity index (χ1n) is 6.59. The lowest BCUT2D eigenvalue weighted by atomic mass is 9.88. The predicted octanol–water partition coefficient (Wildman–Crippen LogP) is 2.68. The summed E-state index contributed by atoms with van der Waals surface area (Å²) < 4.78 is 16.9. The van der Waals surface area contributed by atoms with Crippen LogP contribution < -0.4 is 15.2 Å². The fourth-order valence-electron chi connectivity index (χ4n) is 2.69. The standard InChI is InChI=1S/C14H18ClNO3/c1-14(3-2-4-19-14)13(16)9-7-11-12(8-10(9)15)18-6-5-17-11/h7-8,13H,2-6,16H2,1H3. The van der Waals surface area contributed by atoms with Crippen molar-refractivity contribution in [2.75, 3.05) is 19.8 Å². The van der Waals surface area contributed by atoms with Gasteiger partial charge in [0.2, 0.25) is 0 Å². The van der Waals surface area contributed by atoms with Crippen LogP contribution in [0.4, 0.5) is 0 Å². The van der Waals surface area contributed by atoms with Gasteiger partial charge in [-0.1, -0.05) is 11.6 Å². The first-order valence-corrected chi connectivity index (χ1v) is 6.96. The van der Waals surface area contributed by atoms with Crippen molar-refractivity contribution < 1.29 is 14.2 Å². The maximum absolute atomic E-state index is 6.36. The Kier molecular flexibility index (Phi) is 3.33. The van der Waals surface area contributed by atoms with Crippen LogP contribution in [0, 0.1) is 0 Å². The minimum absolute atomic E-state index is 0.265. The van der Waals surface area contributed by atoms with Gasteiger partial charge in [0.05, 0.1) is 11.6 Å². The van der Waals surface area contributed by atoms with Gasteiger partial charge in [-0.2, -0.15) is 0 Å². The van der Waals surface area contributed by atoms with E-state index in [1.807, 2.05) is 13.0 Å². The summed E-state index contributed by atoms with van der Waals surface area (Å²) in [6, 6.07) is 3.40. The van der Waals surface area contributed by atoms with E-state index in [-0.39, 0.29) is 11.6 Å².